The van der Waals surface area contributed by atoms with Crippen molar-refractivity contribution in [3.63, 3.8) is 0 Å². The Hall–Kier alpha value is -1.71. The van der Waals surface area contributed by atoms with E-state index in [-0.39, 0.29) is 0 Å². The van der Waals surface area contributed by atoms with Gasteiger partial charge in [-0.3, -0.25) is 0 Å². The number of nitrogens with zero attached hydrogens (tertiary/aromatic N) is 2. The maximum absolute atomic E-state index is 6.12. The van der Waals surface area contributed by atoms with Crippen molar-refractivity contribution in [1.29, 1.82) is 0 Å². The SMILES string of the molecule is Clc1cccc(NCc2cn3ccccc3n2)c1Cl. The average molecular weight is 292 g/mol. The van der Waals surface area contributed by atoms with Gasteiger partial charge in [0.2, 0.25) is 0 Å². The molecule has 0 atom stereocenters. The summed E-state index contributed by atoms with van der Waals surface area (Å²) in [5.74, 6) is 0. The predicted octanol–water partition coefficient (Wildman–Crippen LogP) is 4.25. The Kier molecular flexibility index (Phi) is 3.32. The van der Waals surface area contributed by atoms with Gasteiger partial charge in [-0.05, 0) is 24.3 Å². The summed E-state index contributed by atoms with van der Waals surface area (Å²) in [4.78, 5) is 4.50. The Morgan fingerprint density at radius 1 is 1.11 bits per heavy atom. The van der Waals surface area contributed by atoms with Crippen molar-refractivity contribution in [3.8, 4) is 0 Å². The van der Waals surface area contributed by atoms with E-state index >= 15 is 0 Å². The molecule has 0 aliphatic heterocycles. The van der Waals surface area contributed by atoms with Crippen LogP contribution in [-0.2, 0) is 6.54 Å². The van der Waals surface area contributed by atoms with Gasteiger partial charge in [0.1, 0.15) is 5.65 Å². The Morgan fingerprint density at radius 2 is 2.00 bits per heavy atom. The Balaban J connectivity index is 1.80. The van der Waals surface area contributed by atoms with E-state index in [2.05, 4.69) is 10.3 Å². The highest BCUT2D eigenvalue weighted by molar-refractivity contribution is 6.43. The van der Waals surface area contributed by atoms with E-state index in [9.17, 15) is 0 Å². The van der Waals surface area contributed by atoms with Gasteiger partial charge in [-0.25, -0.2) is 4.98 Å². The van der Waals surface area contributed by atoms with E-state index in [1.54, 1.807) is 6.07 Å². The standard InChI is InChI=1S/C14H11Cl2N3/c15-11-4-3-5-12(14(11)16)17-8-10-9-19-7-2-1-6-13(19)18-10/h1-7,9,17H,8H2. The zero-order chi connectivity index (χ0) is 13.2. The number of aromatic nitrogens is 2. The topological polar surface area (TPSA) is 29.3 Å². The minimum atomic E-state index is 0.535. The molecule has 0 saturated heterocycles. The lowest BCUT2D eigenvalue weighted by atomic mass is 10.3. The number of halogens is 2. The van der Waals surface area contributed by atoms with Crippen LogP contribution in [0.1, 0.15) is 5.69 Å². The molecule has 19 heavy (non-hydrogen) atoms. The van der Waals surface area contributed by atoms with E-state index in [0.29, 0.717) is 16.6 Å². The summed E-state index contributed by atoms with van der Waals surface area (Å²) in [5, 5.41) is 4.32. The van der Waals surface area contributed by atoms with Gasteiger partial charge >= 0.3 is 0 Å². The van der Waals surface area contributed by atoms with Crippen LogP contribution in [0.4, 0.5) is 5.69 Å². The van der Waals surface area contributed by atoms with Gasteiger partial charge in [0.05, 0.1) is 28.0 Å². The lowest BCUT2D eigenvalue weighted by molar-refractivity contribution is 1.08. The largest absolute Gasteiger partial charge is 0.378 e. The van der Waals surface area contributed by atoms with Crippen LogP contribution < -0.4 is 5.32 Å². The summed E-state index contributed by atoms with van der Waals surface area (Å²) < 4.78 is 1.98. The van der Waals surface area contributed by atoms with Crippen molar-refractivity contribution in [2.45, 2.75) is 6.54 Å². The van der Waals surface area contributed by atoms with Crippen LogP contribution in [0.5, 0.6) is 0 Å². The molecule has 1 aromatic carbocycles. The molecule has 0 amide bonds. The highest BCUT2D eigenvalue weighted by Crippen LogP contribution is 2.29. The van der Waals surface area contributed by atoms with Crippen molar-refractivity contribution in [2.75, 3.05) is 5.32 Å². The Bertz CT molecular complexity index is 689. The molecule has 1 N–H and O–H groups in total. The van der Waals surface area contributed by atoms with Gasteiger partial charge in [-0.15, -0.1) is 0 Å². The van der Waals surface area contributed by atoms with Crippen molar-refractivity contribution >= 4 is 34.5 Å². The summed E-state index contributed by atoms with van der Waals surface area (Å²) in [6, 6.07) is 11.4. The summed E-state index contributed by atoms with van der Waals surface area (Å²) in [5.41, 5.74) is 2.69. The summed E-state index contributed by atoms with van der Waals surface area (Å²) in [7, 11) is 0. The zero-order valence-electron chi connectivity index (χ0n) is 9.98. The molecule has 0 fully saturated rings. The van der Waals surface area contributed by atoms with Crippen LogP contribution in [0, 0.1) is 0 Å². The molecule has 5 heteroatoms. The molecule has 3 rings (SSSR count). The third-order valence-corrected chi connectivity index (χ3v) is 3.64. The zero-order valence-corrected chi connectivity index (χ0v) is 11.5. The molecular formula is C14H11Cl2N3. The quantitative estimate of drug-likeness (QED) is 0.781. The second-order valence-electron chi connectivity index (χ2n) is 4.15. The number of anilines is 1. The lowest BCUT2D eigenvalue weighted by Gasteiger charge is -2.07. The number of nitrogens with one attached hydrogen (secondary N) is 1. The maximum Gasteiger partial charge on any atom is 0.137 e. The number of fused-ring (bicyclic) bond motifs is 1. The van der Waals surface area contributed by atoms with Crippen LogP contribution in [0.15, 0.2) is 48.8 Å². The van der Waals surface area contributed by atoms with E-state index in [1.165, 1.54) is 0 Å². The van der Waals surface area contributed by atoms with Crippen molar-refractivity contribution in [1.82, 2.24) is 9.38 Å². The molecule has 2 aromatic heterocycles. The number of hydrogen-bond acceptors (Lipinski definition) is 2. The average Bonchev–Trinajstić information content (AvgIpc) is 2.83. The second-order valence-corrected chi connectivity index (χ2v) is 4.94. The fraction of sp³-hybridized carbons (Fsp3) is 0.0714. The van der Waals surface area contributed by atoms with Gasteiger partial charge in [0.15, 0.2) is 0 Å². The highest BCUT2D eigenvalue weighted by atomic mass is 35.5. The first-order chi connectivity index (χ1) is 9.24. The molecular weight excluding hydrogens is 281 g/mol. The highest BCUT2D eigenvalue weighted by Gasteiger charge is 2.05. The predicted molar refractivity (Wildman–Crippen MR) is 79.0 cm³/mol. The fourth-order valence-electron chi connectivity index (χ4n) is 1.90. The summed E-state index contributed by atoms with van der Waals surface area (Å²) in [6.45, 7) is 0.599. The first-order valence-corrected chi connectivity index (χ1v) is 6.60. The molecule has 0 saturated carbocycles. The Labute approximate surface area is 120 Å². The van der Waals surface area contributed by atoms with Gasteiger partial charge in [-0.1, -0.05) is 35.3 Å². The molecule has 0 unspecified atom stereocenters. The third kappa shape index (κ3) is 2.53. The smallest absolute Gasteiger partial charge is 0.137 e. The normalized spacial score (nSPS) is 10.8. The van der Waals surface area contributed by atoms with Crippen molar-refractivity contribution in [3.05, 3.63) is 64.5 Å². The first-order valence-electron chi connectivity index (χ1n) is 5.84. The molecule has 0 aliphatic rings. The number of pyridine rings is 1. The van der Waals surface area contributed by atoms with Crippen LogP contribution >= 0.6 is 23.2 Å². The molecule has 96 valence electrons. The number of hydrogen-bond donors (Lipinski definition) is 1. The minimum absolute atomic E-state index is 0.535. The van der Waals surface area contributed by atoms with E-state index < -0.39 is 0 Å². The summed E-state index contributed by atoms with van der Waals surface area (Å²) >= 11 is 12.1. The van der Waals surface area contributed by atoms with Gasteiger partial charge < -0.3 is 9.72 Å². The van der Waals surface area contributed by atoms with E-state index in [1.807, 2.05) is 47.1 Å². The third-order valence-electron chi connectivity index (χ3n) is 2.83. The van der Waals surface area contributed by atoms with Gasteiger partial charge in [0.25, 0.3) is 0 Å². The van der Waals surface area contributed by atoms with Crippen LogP contribution in [-0.4, -0.2) is 9.38 Å². The van der Waals surface area contributed by atoms with Gasteiger partial charge in [0, 0.05) is 12.4 Å². The lowest BCUT2D eigenvalue weighted by Crippen LogP contribution is -2.00. The van der Waals surface area contributed by atoms with Crippen molar-refractivity contribution in [2.24, 2.45) is 0 Å². The first kappa shape index (κ1) is 12.3. The van der Waals surface area contributed by atoms with E-state index in [4.69, 9.17) is 23.2 Å². The van der Waals surface area contributed by atoms with E-state index in [0.717, 1.165) is 17.0 Å². The van der Waals surface area contributed by atoms with Crippen LogP contribution in [0.2, 0.25) is 10.0 Å². The molecule has 3 nitrogen and oxygen atoms in total. The number of rotatable bonds is 3. The second kappa shape index (κ2) is 5.11. The monoisotopic (exact) mass is 291 g/mol. The fourth-order valence-corrected chi connectivity index (χ4v) is 2.27. The molecule has 3 aromatic rings. The molecule has 0 bridgehead atoms. The van der Waals surface area contributed by atoms with Crippen LogP contribution in [0.3, 0.4) is 0 Å². The molecule has 0 spiro atoms. The summed E-state index contributed by atoms with van der Waals surface area (Å²) in [6.07, 6.45) is 3.96. The van der Waals surface area contributed by atoms with Crippen LogP contribution in [0.25, 0.3) is 5.65 Å². The van der Waals surface area contributed by atoms with Crippen molar-refractivity contribution < 1.29 is 0 Å². The minimum Gasteiger partial charge on any atom is -0.378 e. The number of imidazole rings is 1. The molecule has 2 heterocycles. The van der Waals surface area contributed by atoms with Gasteiger partial charge in [-0.2, -0.15) is 0 Å². The molecule has 0 radical (unpaired) electrons. The molecule has 0 aliphatic carbocycles. The number of benzene rings is 1. The Morgan fingerprint density at radius 3 is 2.84 bits per heavy atom. The maximum atomic E-state index is 6.12.